The fourth-order valence-corrected chi connectivity index (χ4v) is 1.79. The molecule has 0 aliphatic heterocycles. The van der Waals surface area contributed by atoms with Crippen molar-refractivity contribution in [1.29, 1.82) is 0 Å². The van der Waals surface area contributed by atoms with E-state index in [1.165, 1.54) is 11.1 Å². The number of rotatable bonds is 2. The van der Waals surface area contributed by atoms with Crippen molar-refractivity contribution in [3.63, 3.8) is 0 Å². The molecule has 0 atom stereocenters. The highest BCUT2D eigenvalue weighted by Gasteiger charge is 2.01. The second-order valence-corrected chi connectivity index (χ2v) is 4.44. The highest BCUT2D eigenvalue weighted by molar-refractivity contribution is 5.66. The van der Waals surface area contributed by atoms with Crippen LogP contribution in [0.25, 0.3) is 16.0 Å². The van der Waals surface area contributed by atoms with Crippen molar-refractivity contribution < 1.29 is 0 Å². The van der Waals surface area contributed by atoms with E-state index in [0.717, 1.165) is 5.56 Å². The van der Waals surface area contributed by atoms with Crippen molar-refractivity contribution >= 4 is 5.69 Å². The SMILES string of the molecule is [C-]#[N+]c1ccc(-c2ccc(C(C)C)cc2)cc1. The summed E-state index contributed by atoms with van der Waals surface area (Å²) in [6, 6.07) is 16.3. The molecule has 0 aliphatic rings. The smallest absolute Gasteiger partial charge is 0.187 e. The molecule has 0 bridgehead atoms. The summed E-state index contributed by atoms with van der Waals surface area (Å²) in [5.74, 6) is 0.563. The summed E-state index contributed by atoms with van der Waals surface area (Å²) in [5.41, 5.74) is 4.40. The van der Waals surface area contributed by atoms with E-state index in [4.69, 9.17) is 6.57 Å². The molecule has 0 fully saturated rings. The van der Waals surface area contributed by atoms with Crippen molar-refractivity contribution in [1.82, 2.24) is 0 Å². The second kappa shape index (κ2) is 4.84. The van der Waals surface area contributed by atoms with Gasteiger partial charge in [0.1, 0.15) is 0 Å². The Morgan fingerprint density at radius 3 is 1.71 bits per heavy atom. The maximum absolute atomic E-state index is 6.92. The van der Waals surface area contributed by atoms with Crippen LogP contribution in [-0.2, 0) is 0 Å². The van der Waals surface area contributed by atoms with Crippen LogP contribution in [0.5, 0.6) is 0 Å². The first-order valence-electron chi connectivity index (χ1n) is 5.78. The molecule has 0 aromatic heterocycles. The molecule has 0 radical (unpaired) electrons. The minimum atomic E-state index is 0.563. The van der Waals surface area contributed by atoms with Crippen molar-refractivity contribution in [2.24, 2.45) is 0 Å². The molecule has 0 aliphatic carbocycles. The summed E-state index contributed by atoms with van der Waals surface area (Å²) in [7, 11) is 0. The van der Waals surface area contributed by atoms with E-state index in [9.17, 15) is 0 Å². The summed E-state index contributed by atoms with van der Waals surface area (Å²) < 4.78 is 0. The van der Waals surface area contributed by atoms with Crippen molar-refractivity contribution in [3.05, 3.63) is 65.5 Å². The first kappa shape index (κ1) is 11.4. The lowest BCUT2D eigenvalue weighted by Gasteiger charge is -2.07. The molecule has 17 heavy (non-hydrogen) atoms. The molecule has 0 spiro atoms. The highest BCUT2D eigenvalue weighted by Crippen LogP contribution is 2.24. The molecule has 1 heteroatoms. The maximum Gasteiger partial charge on any atom is 0.187 e. The lowest BCUT2D eigenvalue weighted by Crippen LogP contribution is -1.86. The lowest BCUT2D eigenvalue weighted by atomic mass is 9.99. The standard InChI is InChI=1S/C16H15N/c1-12(2)13-4-6-14(7-5-13)15-8-10-16(17-3)11-9-15/h4-12H,1-2H3. The Balaban J connectivity index is 2.30. The molecule has 0 saturated heterocycles. The third-order valence-electron chi connectivity index (χ3n) is 2.91. The van der Waals surface area contributed by atoms with Gasteiger partial charge in [0.15, 0.2) is 5.69 Å². The zero-order valence-corrected chi connectivity index (χ0v) is 10.1. The first-order valence-corrected chi connectivity index (χ1v) is 5.78. The van der Waals surface area contributed by atoms with Gasteiger partial charge in [-0.2, -0.15) is 0 Å². The summed E-state index contributed by atoms with van der Waals surface area (Å²) in [6.45, 7) is 11.3. The number of hydrogen-bond donors (Lipinski definition) is 0. The Kier molecular flexibility index (Phi) is 3.25. The quantitative estimate of drug-likeness (QED) is 0.626. The third kappa shape index (κ3) is 2.54. The van der Waals surface area contributed by atoms with Gasteiger partial charge in [-0.3, -0.25) is 0 Å². The van der Waals surface area contributed by atoms with Gasteiger partial charge in [0.2, 0.25) is 0 Å². The molecule has 0 amide bonds. The molecule has 2 aromatic rings. The van der Waals surface area contributed by atoms with Crippen LogP contribution >= 0.6 is 0 Å². The van der Waals surface area contributed by atoms with E-state index in [1.54, 1.807) is 0 Å². The second-order valence-electron chi connectivity index (χ2n) is 4.44. The van der Waals surface area contributed by atoms with Gasteiger partial charge in [-0.15, -0.1) is 0 Å². The highest BCUT2D eigenvalue weighted by atomic mass is 14.6. The van der Waals surface area contributed by atoms with E-state index in [1.807, 2.05) is 24.3 Å². The fourth-order valence-electron chi connectivity index (χ4n) is 1.79. The van der Waals surface area contributed by atoms with E-state index in [2.05, 4.69) is 43.0 Å². The Hall–Kier alpha value is -2.07. The van der Waals surface area contributed by atoms with Crippen LogP contribution in [0, 0.1) is 6.57 Å². The Bertz CT molecular complexity index is 527. The Labute approximate surface area is 103 Å². The zero-order chi connectivity index (χ0) is 12.3. The van der Waals surface area contributed by atoms with E-state index in [-0.39, 0.29) is 0 Å². The van der Waals surface area contributed by atoms with E-state index in [0.29, 0.717) is 11.6 Å². The Morgan fingerprint density at radius 1 is 0.824 bits per heavy atom. The summed E-state index contributed by atoms with van der Waals surface area (Å²) in [4.78, 5) is 3.39. The van der Waals surface area contributed by atoms with E-state index >= 15 is 0 Å². The maximum atomic E-state index is 6.92. The number of benzene rings is 2. The largest absolute Gasteiger partial charge is 0.238 e. The predicted molar refractivity (Wildman–Crippen MR) is 72.2 cm³/mol. The molecule has 2 aromatic carbocycles. The van der Waals surface area contributed by atoms with Gasteiger partial charge in [0, 0.05) is 0 Å². The molecule has 2 rings (SSSR count). The Morgan fingerprint density at radius 2 is 1.29 bits per heavy atom. The van der Waals surface area contributed by atoms with Gasteiger partial charge in [-0.05, 0) is 22.6 Å². The van der Waals surface area contributed by atoms with Gasteiger partial charge in [0.25, 0.3) is 0 Å². The molecule has 1 nitrogen and oxygen atoms in total. The van der Waals surface area contributed by atoms with Crippen LogP contribution in [0.2, 0.25) is 0 Å². The molecule has 0 heterocycles. The monoisotopic (exact) mass is 221 g/mol. The minimum Gasteiger partial charge on any atom is -0.238 e. The van der Waals surface area contributed by atoms with Crippen LogP contribution < -0.4 is 0 Å². The van der Waals surface area contributed by atoms with Crippen molar-refractivity contribution in [2.45, 2.75) is 19.8 Å². The van der Waals surface area contributed by atoms with Crippen LogP contribution in [-0.4, -0.2) is 0 Å². The van der Waals surface area contributed by atoms with Crippen LogP contribution in [0.15, 0.2) is 48.5 Å². The summed E-state index contributed by atoms with van der Waals surface area (Å²) in [6.07, 6.45) is 0. The van der Waals surface area contributed by atoms with Gasteiger partial charge >= 0.3 is 0 Å². The molecule has 0 saturated carbocycles. The van der Waals surface area contributed by atoms with Crippen molar-refractivity contribution in [3.8, 4) is 11.1 Å². The lowest BCUT2D eigenvalue weighted by molar-refractivity contribution is 0.867. The van der Waals surface area contributed by atoms with Crippen LogP contribution in [0.1, 0.15) is 25.3 Å². The minimum absolute atomic E-state index is 0.563. The average molecular weight is 221 g/mol. The normalized spacial score (nSPS) is 10.2. The van der Waals surface area contributed by atoms with Crippen LogP contribution in [0.4, 0.5) is 5.69 Å². The molecule has 0 unspecified atom stereocenters. The number of hydrogen-bond acceptors (Lipinski definition) is 0. The average Bonchev–Trinajstić information content (AvgIpc) is 2.39. The van der Waals surface area contributed by atoms with Crippen molar-refractivity contribution in [2.75, 3.05) is 0 Å². The topological polar surface area (TPSA) is 4.36 Å². The number of nitrogens with zero attached hydrogens (tertiary/aromatic N) is 1. The summed E-state index contributed by atoms with van der Waals surface area (Å²) >= 11 is 0. The molecular weight excluding hydrogens is 206 g/mol. The molecular formula is C16H15N. The predicted octanol–water partition coefficient (Wildman–Crippen LogP) is 5.03. The molecule has 84 valence electrons. The third-order valence-corrected chi connectivity index (χ3v) is 2.91. The van der Waals surface area contributed by atoms with Gasteiger partial charge in [-0.25, -0.2) is 4.85 Å². The van der Waals surface area contributed by atoms with Gasteiger partial charge in [0.05, 0.1) is 6.57 Å². The molecule has 0 N–H and O–H groups in total. The zero-order valence-electron chi connectivity index (χ0n) is 10.1. The fraction of sp³-hybridized carbons (Fsp3) is 0.188. The summed E-state index contributed by atoms with van der Waals surface area (Å²) in [5, 5.41) is 0. The van der Waals surface area contributed by atoms with E-state index < -0.39 is 0 Å². The first-order chi connectivity index (χ1) is 8.20. The van der Waals surface area contributed by atoms with Gasteiger partial charge in [-0.1, -0.05) is 62.4 Å². The van der Waals surface area contributed by atoms with Crippen LogP contribution in [0.3, 0.4) is 0 Å². The van der Waals surface area contributed by atoms with Gasteiger partial charge < -0.3 is 0 Å².